The maximum Gasteiger partial charge on any atom is 0.220 e. The summed E-state index contributed by atoms with van der Waals surface area (Å²) in [6.45, 7) is 1.17. The van der Waals surface area contributed by atoms with Crippen LogP contribution in [-0.2, 0) is 11.3 Å². The molecule has 1 amide bonds. The molecule has 2 aromatic carbocycles. The zero-order valence-corrected chi connectivity index (χ0v) is 14.7. The van der Waals surface area contributed by atoms with Crippen molar-refractivity contribution in [1.29, 1.82) is 0 Å². The van der Waals surface area contributed by atoms with Gasteiger partial charge in [0.05, 0.1) is 0 Å². The molecule has 0 spiro atoms. The predicted octanol–water partition coefficient (Wildman–Crippen LogP) is 5.50. The zero-order valence-electron chi connectivity index (χ0n) is 14.7. The largest absolute Gasteiger partial charge is 0.352 e. The number of carbonyl (C=O) groups is 1. The van der Waals surface area contributed by atoms with E-state index < -0.39 is 0 Å². The lowest BCUT2D eigenvalue weighted by molar-refractivity contribution is -0.121. The lowest BCUT2D eigenvalue weighted by Gasteiger charge is -2.08. The Kier molecular flexibility index (Phi) is 8.36. The van der Waals surface area contributed by atoms with Gasteiger partial charge in [-0.2, -0.15) is 0 Å². The topological polar surface area (TPSA) is 77.9 Å². The van der Waals surface area contributed by atoms with E-state index in [1.165, 1.54) is 10.8 Å². The first kappa shape index (κ1) is 18.8. The van der Waals surface area contributed by atoms with Gasteiger partial charge in [0, 0.05) is 24.4 Å². The molecule has 0 bridgehead atoms. The van der Waals surface area contributed by atoms with Gasteiger partial charge in [-0.1, -0.05) is 73.3 Å². The molecule has 1 N–H and O–H groups in total. The Morgan fingerprint density at radius 2 is 1.68 bits per heavy atom. The highest BCUT2D eigenvalue weighted by molar-refractivity contribution is 5.86. The van der Waals surface area contributed by atoms with Gasteiger partial charge in [-0.3, -0.25) is 4.79 Å². The van der Waals surface area contributed by atoms with Crippen LogP contribution in [0.3, 0.4) is 0 Å². The van der Waals surface area contributed by atoms with Gasteiger partial charge >= 0.3 is 0 Å². The summed E-state index contributed by atoms with van der Waals surface area (Å²) < 4.78 is 0. The third kappa shape index (κ3) is 6.86. The summed E-state index contributed by atoms with van der Waals surface area (Å²) in [6, 6.07) is 14.4. The molecule has 0 atom stereocenters. The lowest BCUT2D eigenvalue weighted by atomic mass is 10.0. The highest BCUT2D eigenvalue weighted by atomic mass is 16.1. The lowest BCUT2D eigenvalue weighted by Crippen LogP contribution is -2.22. The SMILES string of the molecule is [N-]=[N+]=NCCCCCCCCC(=O)NCc1cccc2ccccc12. The van der Waals surface area contributed by atoms with Crippen LogP contribution in [0.5, 0.6) is 0 Å². The van der Waals surface area contributed by atoms with E-state index in [4.69, 9.17) is 5.53 Å². The van der Waals surface area contributed by atoms with E-state index in [1.807, 2.05) is 18.2 Å². The van der Waals surface area contributed by atoms with Crippen molar-refractivity contribution in [2.24, 2.45) is 5.11 Å². The van der Waals surface area contributed by atoms with Crippen molar-refractivity contribution in [3.05, 3.63) is 58.5 Å². The molecular weight excluding hydrogens is 312 g/mol. The number of fused-ring (bicyclic) bond motifs is 1. The number of unbranched alkanes of at least 4 members (excludes halogenated alkanes) is 5. The van der Waals surface area contributed by atoms with Crippen molar-refractivity contribution in [3.63, 3.8) is 0 Å². The van der Waals surface area contributed by atoms with Crippen LogP contribution in [0.1, 0.15) is 50.5 Å². The van der Waals surface area contributed by atoms with E-state index in [-0.39, 0.29) is 5.91 Å². The summed E-state index contributed by atoms with van der Waals surface area (Å²) in [6.07, 6.45) is 6.90. The molecule has 0 saturated carbocycles. The van der Waals surface area contributed by atoms with Crippen LogP contribution in [0.4, 0.5) is 0 Å². The first-order valence-corrected chi connectivity index (χ1v) is 9.05. The summed E-state index contributed by atoms with van der Waals surface area (Å²) in [5.74, 6) is 0.122. The number of azide groups is 1. The Labute approximate surface area is 149 Å². The van der Waals surface area contributed by atoms with E-state index in [0.29, 0.717) is 19.5 Å². The number of amides is 1. The Bertz CT molecular complexity index is 717. The van der Waals surface area contributed by atoms with Gasteiger partial charge in [-0.25, -0.2) is 0 Å². The fraction of sp³-hybridized carbons (Fsp3) is 0.450. The minimum Gasteiger partial charge on any atom is -0.352 e. The van der Waals surface area contributed by atoms with Crippen LogP contribution >= 0.6 is 0 Å². The number of rotatable bonds is 11. The van der Waals surface area contributed by atoms with Gasteiger partial charge in [-0.15, -0.1) is 0 Å². The fourth-order valence-electron chi connectivity index (χ4n) is 2.95. The van der Waals surface area contributed by atoms with E-state index in [0.717, 1.165) is 44.1 Å². The molecule has 0 unspecified atom stereocenters. The van der Waals surface area contributed by atoms with Gasteiger partial charge in [0.25, 0.3) is 0 Å². The summed E-state index contributed by atoms with van der Waals surface area (Å²) in [4.78, 5) is 14.7. The zero-order chi connectivity index (χ0) is 17.7. The van der Waals surface area contributed by atoms with E-state index in [2.05, 4.69) is 39.6 Å². The predicted molar refractivity (Wildman–Crippen MR) is 102 cm³/mol. The number of hydrogen-bond donors (Lipinski definition) is 1. The van der Waals surface area contributed by atoms with Crippen molar-refractivity contribution in [3.8, 4) is 0 Å². The Balaban J connectivity index is 1.60. The quantitative estimate of drug-likeness (QED) is 0.250. The monoisotopic (exact) mass is 338 g/mol. The van der Waals surface area contributed by atoms with E-state index in [9.17, 15) is 4.79 Å². The van der Waals surface area contributed by atoms with Crippen molar-refractivity contribution in [1.82, 2.24) is 5.32 Å². The van der Waals surface area contributed by atoms with Crippen LogP contribution < -0.4 is 5.32 Å². The Morgan fingerprint density at radius 3 is 2.52 bits per heavy atom. The number of nitrogens with one attached hydrogen (secondary N) is 1. The highest BCUT2D eigenvalue weighted by Crippen LogP contribution is 2.18. The van der Waals surface area contributed by atoms with Crippen LogP contribution in [0, 0.1) is 0 Å². The standard InChI is InChI=1S/C20H26N4O/c21-24-23-15-8-4-2-1-3-5-14-20(25)22-16-18-12-9-11-17-10-6-7-13-19(17)18/h6-7,9-13H,1-5,8,14-16H2,(H,22,25). The Hall–Kier alpha value is -2.52. The molecule has 0 heterocycles. The third-order valence-corrected chi connectivity index (χ3v) is 4.33. The second kappa shape index (κ2) is 11.1. The summed E-state index contributed by atoms with van der Waals surface area (Å²) in [5, 5.41) is 8.96. The summed E-state index contributed by atoms with van der Waals surface area (Å²) in [7, 11) is 0. The van der Waals surface area contributed by atoms with Crippen molar-refractivity contribution in [2.45, 2.75) is 51.5 Å². The molecule has 2 aromatic rings. The smallest absolute Gasteiger partial charge is 0.220 e. The van der Waals surface area contributed by atoms with Gasteiger partial charge in [-0.05, 0) is 34.7 Å². The molecule has 5 heteroatoms. The van der Waals surface area contributed by atoms with Gasteiger partial charge in [0.15, 0.2) is 0 Å². The first-order chi connectivity index (χ1) is 12.3. The molecule has 0 aliphatic heterocycles. The molecule has 0 saturated heterocycles. The summed E-state index contributed by atoms with van der Waals surface area (Å²) in [5.41, 5.74) is 9.34. The molecule has 0 aliphatic carbocycles. The molecule has 0 aromatic heterocycles. The average molecular weight is 338 g/mol. The second-order valence-corrected chi connectivity index (χ2v) is 6.24. The third-order valence-electron chi connectivity index (χ3n) is 4.33. The van der Waals surface area contributed by atoms with Crippen molar-refractivity contribution in [2.75, 3.05) is 6.54 Å². The average Bonchev–Trinajstić information content (AvgIpc) is 2.65. The van der Waals surface area contributed by atoms with Crippen LogP contribution in [0.15, 0.2) is 47.6 Å². The highest BCUT2D eigenvalue weighted by Gasteiger charge is 2.04. The minimum atomic E-state index is 0.122. The van der Waals surface area contributed by atoms with E-state index in [1.54, 1.807) is 0 Å². The van der Waals surface area contributed by atoms with Crippen LogP contribution in [0.25, 0.3) is 21.2 Å². The van der Waals surface area contributed by atoms with E-state index >= 15 is 0 Å². The molecule has 5 nitrogen and oxygen atoms in total. The minimum absolute atomic E-state index is 0.122. The molecule has 2 rings (SSSR count). The van der Waals surface area contributed by atoms with Gasteiger partial charge in [0.1, 0.15) is 0 Å². The molecular formula is C20H26N4O. The molecule has 25 heavy (non-hydrogen) atoms. The summed E-state index contributed by atoms with van der Waals surface area (Å²) >= 11 is 0. The maximum absolute atomic E-state index is 12.0. The van der Waals surface area contributed by atoms with Crippen LogP contribution in [-0.4, -0.2) is 12.5 Å². The normalized spacial score (nSPS) is 10.4. The van der Waals surface area contributed by atoms with Gasteiger partial charge in [0.2, 0.25) is 5.91 Å². The van der Waals surface area contributed by atoms with Gasteiger partial charge < -0.3 is 5.32 Å². The fourth-order valence-corrected chi connectivity index (χ4v) is 2.95. The number of benzene rings is 2. The number of nitrogens with zero attached hydrogens (tertiary/aromatic N) is 3. The molecule has 0 radical (unpaired) electrons. The number of carbonyl (C=O) groups excluding carboxylic acids is 1. The van der Waals surface area contributed by atoms with Crippen molar-refractivity contribution < 1.29 is 4.79 Å². The molecule has 0 aliphatic rings. The van der Waals surface area contributed by atoms with Crippen LogP contribution in [0.2, 0.25) is 0 Å². The van der Waals surface area contributed by atoms with Crippen molar-refractivity contribution >= 4 is 16.7 Å². The Morgan fingerprint density at radius 1 is 0.960 bits per heavy atom. The second-order valence-electron chi connectivity index (χ2n) is 6.24. The first-order valence-electron chi connectivity index (χ1n) is 9.05. The molecule has 0 fully saturated rings. The number of hydrogen-bond acceptors (Lipinski definition) is 2. The maximum atomic E-state index is 12.0. The molecule has 132 valence electrons.